The highest BCUT2D eigenvalue weighted by Gasteiger charge is 2.78. The number of rotatable bonds is 7. The van der Waals surface area contributed by atoms with Crippen LogP contribution in [-0.2, 0) is 23.9 Å². The van der Waals surface area contributed by atoms with Crippen LogP contribution in [0.4, 0.5) is 0 Å². The molecule has 1 fully saturated rings. The second kappa shape index (κ2) is 7.53. The summed E-state index contributed by atoms with van der Waals surface area (Å²) < 4.78 is 5.39. The summed E-state index contributed by atoms with van der Waals surface area (Å²) in [6, 6.07) is 0. The maximum atomic E-state index is 12.3. The van der Waals surface area contributed by atoms with Crippen molar-refractivity contribution in [3.63, 3.8) is 0 Å². The van der Waals surface area contributed by atoms with Gasteiger partial charge in [0.25, 0.3) is 0 Å². The van der Waals surface area contributed by atoms with Crippen LogP contribution in [0.25, 0.3) is 0 Å². The van der Waals surface area contributed by atoms with Crippen molar-refractivity contribution in [1.29, 1.82) is 0 Å². The summed E-state index contributed by atoms with van der Waals surface area (Å²) in [5, 5.41) is 43.4. The molecule has 148 valence electrons. The lowest BCUT2D eigenvalue weighted by Crippen LogP contribution is -2.87. The molecular formula is C16H23BrO9. The molecule has 6 atom stereocenters. The van der Waals surface area contributed by atoms with Crippen LogP contribution in [0.5, 0.6) is 0 Å². The molecule has 0 amide bonds. The van der Waals surface area contributed by atoms with E-state index in [1.165, 1.54) is 0 Å². The summed E-state index contributed by atoms with van der Waals surface area (Å²) in [5.74, 6) is -4.60. The molecule has 0 spiro atoms. The Morgan fingerprint density at radius 1 is 0.962 bits per heavy atom. The van der Waals surface area contributed by atoms with Crippen molar-refractivity contribution >= 4 is 39.1 Å². The highest BCUT2D eigenvalue weighted by Crippen LogP contribution is 2.48. The van der Waals surface area contributed by atoms with E-state index in [-0.39, 0.29) is 11.8 Å². The average Bonchev–Trinajstić information content (AvgIpc) is 2.53. The Morgan fingerprint density at radius 2 is 1.42 bits per heavy atom. The van der Waals surface area contributed by atoms with Crippen molar-refractivity contribution in [2.45, 2.75) is 69.2 Å². The molecule has 0 aliphatic carbocycles. The van der Waals surface area contributed by atoms with E-state index >= 15 is 0 Å². The van der Waals surface area contributed by atoms with Crippen molar-refractivity contribution < 1.29 is 44.3 Å². The first kappa shape index (κ1) is 23.0. The van der Waals surface area contributed by atoms with Gasteiger partial charge in [0.15, 0.2) is 39.9 Å². The maximum Gasteiger partial charge on any atom is 0.199 e. The summed E-state index contributed by atoms with van der Waals surface area (Å²) in [6.07, 6.45) is -5.90. The third kappa shape index (κ3) is 2.88. The number of hydrogen-bond donors (Lipinski definition) is 4. The Labute approximate surface area is 158 Å². The molecule has 0 aromatic heterocycles. The molecule has 0 aromatic rings. The molecule has 10 heteroatoms. The molecule has 0 saturated carbocycles. The van der Waals surface area contributed by atoms with Crippen LogP contribution in [0.3, 0.4) is 0 Å². The third-order valence-electron chi connectivity index (χ3n) is 4.95. The molecular weight excluding hydrogens is 416 g/mol. The van der Waals surface area contributed by atoms with E-state index < -0.39 is 58.2 Å². The monoisotopic (exact) mass is 438 g/mol. The van der Waals surface area contributed by atoms with E-state index in [1.54, 1.807) is 0 Å². The summed E-state index contributed by atoms with van der Waals surface area (Å²) in [7, 11) is 0. The molecule has 0 radical (unpaired) electrons. The van der Waals surface area contributed by atoms with E-state index in [9.17, 15) is 39.6 Å². The van der Waals surface area contributed by atoms with E-state index in [1.807, 2.05) is 0 Å². The van der Waals surface area contributed by atoms with E-state index in [2.05, 4.69) is 15.9 Å². The highest BCUT2D eigenvalue weighted by molar-refractivity contribution is 9.09. The number of ether oxygens (including phenoxy) is 1. The lowest BCUT2D eigenvalue weighted by atomic mass is 9.58. The molecule has 0 aromatic carbocycles. The number of hydrogen-bond acceptors (Lipinski definition) is 9. The van der Waals surface area contributed by atoms with Gasteiger partial charge < -0.3 is 25.2 Å². The minimum atomic E-state index is -3.34. The molecule has 1 saturated heterocycles. The number of carbonyl (C=O) groups is 4. The number of alkyl halides is 1. The molecule has 9 nitrogen and oxygen atoms in total. The van der Waals surface area contributed by atoms with Crippen molar-refractivity contribution in [1.82, 2.24) is 0 Å². The normalized spacial score (nSPS) is 38.5. The smallest absolute Gasteiger partial charge is 0.199 e. The SMILES string of the molecule is CC(=O)C(O)[C@H]1O[C@@H](CCBr)[C@@](O)(C(C)=O)[C@](O)(C(C)=O)[C@@]1(O)C(C)=O. The topological polar surface area (TPSA) is 158 Å². The predicted molar refractivity (Wildman–Crippen MR) is 90.7 cm³/mol. The standard InChI is InChI=1S/C16H23BrO9/c1-7(18)12(22)13-15(24,9(3)20)16(25,10(4)21)14(23,8(2)19)11(26-13)5-6-17/h11-13,22-25H,5-6H2,1-4H3/t11-,12?,13+,14-,15+,16+/m0/s1. The Hall–Kier alpha value is -1.04. The number of ketones is 4. The lowest BCUT2D eigenvalue weighted by molar-refractivity contribution is -0.327. The van der Waals surface area contributed by atoms with Gasteiger partial charge in [0.1, 0.15) is 12.2 Å². The highest BCUT2D eigenvalue weighted by atomic mass is 79.9. The van der Waals surface area contributed by atoms with E-state index in [0.29, 0.717) is 0 Å². The van der Waals surface area contributed by atoms with E-state index in [4.69, 9.17) is 4.74 Å². The first-order chi connectivity index (χ1) is 11.7. The molecule has 1 aliphatic rings. The van der Waals surface area contributed by atoms with Gasteiger partial charge in [-0.2, -0.15) is 0 Å². The fraction of sp³-hybridized carbons (Fsp3) is 0.750. The molecule has 1 unspecified atom stereocenters. The fourth-order valence-corrected chi connectivity index (χ4v) is 3.88. The second-order valence-electron chi connectivity index (χ2n) is 6.49. The Morgan fingerprint density at radius 3 is 1.73 bits per heavy atom. The minimum Gasteiger partial charge on any atom is -0.382 e. The quantitative estimate of drug-likeness (QED) is 0.345. The van der Waals surface area contributed by atoms with E-state index in [0.717, 1.165) is 27.7 Å². The van der Waals surface area contributed by atoms with Crippen molar-refractivity contribution in [3.8, 4) is 0 Å². The molecule has 4 N–H and O–H groups in total. The minimum absolute atomic E-state index is 0.138. The Bertz CT molecular complexity index is 635. The van der Waals surface area contributed by atoms with Crippen molar-refractivity contribution in [2.75, 3.05) is 5.33 Å². The number of halogens is 1. The van der Waals surface area contributed by atoms with Crippen LogP contribution < -0.4 is 0 Å². The number of aliphatic hydroxyl groups is 4. The molecule has 1 heterocycles. The van der Waals surface area contributed by atoms with Gasteiger partial charge in [0.2, 0.25) is 0 Å². The average molecular weight is 439 g/mol. The van der Waals surface area contributed by atoms with Crippen molar-refractivity contribution in [2.24, 2.45) is 0 Å². The van der Waals surface area contributed by atoms with Gasteiger partial charge >= 0.3 is 0 Å². The predicted octanol–water partition coefficient (Wildman–Crippen LogP) is -1.55. The Balaban J connectivity index is 3.91. The summed E-state index contributed by atoms with van der Waals surface area (Å²) in [4.78, 5) is 48.5. The van der Waals surface area contributed by atoms with Crippen LogP contribution >= 0.6 is 15.9 Å². The van der Waals surface area contributed by atoms with Crippen LogP contribution in [0.1, 0.15) is 34.1 Å². The third-order valence-corrected chi connectivity index (χ3v) is 5.41. The molecule has 1 aliphatic heterocycles. The lowest BCUT2D eigenvalue weighted by Gasteiger charge is -2.58. The first-order valence-electron chi connectivity index (χ1n) is 7.84. The van der Waals surface area contributed by atoms with Gasteiger partial charge in [-0.1, -0.05) is 15.9 Å². The number of aliphatic hydroxyl groups excluding tert-OH is 1. The first-order valence-corrected chi connectivity index (χ1v) is 8.96. The van der Waals surface area contributed by atoms with Gasteiger partial charge in [0.05, 0.1) is 6.10 Å². The van der Waals surface area contributed by atoms with Gasteiger partial charge in [-0.05, 0) is 34.1 Å². The molecule has 26 heavy (non-hydrogen) atoms. The van der Waals surface area contributed by atoms with Gasteiger partial charge in [-0.15, -0.1) is 0 Å². The zero-order valence-electron chi connectivity index (χ0n) is 14.9. The number of Topliss-reactive ketones (excluding diaryl/α,β-unsaturated/α-hetero) is 4. The Kier molecular flexibility index (Phi) is 6.66. The summed E-state index contributed by atoms with van der Waals surface area (Å²) in [6.45, 7) is 3.37. The maximum absolute atomic E-state index is 12.3. The summed E-state index contributed by atoms with van der Waals surface area (Å²) in [5.41, 5.74) is -9.57. The van der Waals surface area contributed by atoms with Crippen LogP contribution in [0.15, 0.2) is 0 Å². The van der Waals surface area contributed by atoms with Crippen LogP contribution in [0.2, 0.25) is 0 Å². The zero-order chi connectivity index (χ0) is 20.7. The van der Waals surface area contributed by atoms with Crippen LogP contribution in [-0.4, -0.2) is 84.0 Å². The largest absolute Gasteiger partial charge is 0.382 e. The van der Waals surface area contributed by atoms with Gasteiger partial charge in [0, 0.05) is 5.33 Å². The number of carbonyl (C=O) groups excluding carboxylic acids is 4. The zero-order valence-corrected chi connectivity index (χ0v) is 16.4. The molecule has 1 rings (SSSR count). The van der Waals surface area contributed by atoms with Crippen LogP contribution in [0, 0.1) is 0 Å². The molecule has 0 bridgehead atoms. The summed E-state index contributed by atoms with van der Waals surface area (Å²) >= 11 is 3.08. The second-order valence-corrected chi connectivity index (χ2v) is 7.28. The van der Waals surface area contributed by atoms with Gasteiger partial charge in [-0.25, -0.2) is 0 Å². The van der Waals surface area contributed by atoms with Gasteiger partial charge in [-0.3, -0.25) is 19.2 Å². The fourth-order valence-electron chi connectivity index (χ4n) is 3.47. The van der Waals surface area contributed by atoms with Crippen molar-refractivity contribution in [3.05, 3.63) is 0 Å².